The highest BCUT2D eigenvalue weighted by atomic mass is 35.5. The molecule has 1 fully saturated rings. The maximum Gasteiger partial charge on any atom is 0.186 e. The van der Waals surface area contributed by atoms with Crippen molar-refractivity contribution in [1.82, 2.24) is 0 Å². The van der Waals surface area contributed by atoms with E-state index in [9.17, 15) is 9.18 Å². The first-order valence-electron chi connectivity index (χ1n) is 9.30. The maximum absolute atomic E-state index is 14.5. The van der Waals surface area contributed by atoms with E-state index >= 15 is 0 Å². The van der Waals surface area contributed by atoms with Crippen LogP contribution in [0.3, 0.4) is 0 Å². The van der Waals surface area contributed by atoms with E-state index < -0.39 is 5.82 Å². The summed E-state index contributed by atoms with van der Waals surface area (Å²) in [4.78, 5) is 14.3. The quantitative estimate of drug-likeness (QED) is 0.412. The Morgan fingerprint density at radius 2 is 1.79 bits per heavy atom. The fraction of sp³-hybridized carbons (Fsp3) is 0.174. The van der Waals surface area contributed by atoms with Gasteiger partial charge in [-0.25, -0.2) is 4.39 Å². The van der Waals surface area contributed by atoms with Gasteiger partial charge >= 0.3 is 0 Å². The number of furan rings is 1. The number of rotatable bonds is 5. The van der Waals surface area contributed by atoms with Gasteiger partial charge in [0.2, 0.25) is 0 Å². The maximum atomic E-state index is 14.5. The van der Waals surface area contributed by atoms with E-state index in [1.807, 2.05) is 23.1 Å². The van der Waals surface area contributed by atoms with Gasteiger partial charge in [0.1, 0.15) is 17.3 Å². The third kappa shape index (κ3) is 4.58. The molecule has 0 bridgehead atoms. The lowest BCUT2D eigenvalue weighted by Crippen LogP contribution is -2.36. The molecule has 1 aromatic heterocycles. The molecule has 0 N–H and O–H groups in total. The summed E-state index contributed by atoms with van der Waals surface area (Å²) in [6.45, 7) is 2.42. The Morgan fingerprint density at radius 1 is 1.03 bits per heavy atom. The molecule has 4 nitrogen and oxygen atoms in total. The van der Waals surface area contributed by atoms with E-state index in [1.165, 1.54) is 12.1 Å². The number of carbonyl (C=O) groups excluding carboxylic acids is 1. The van der Waals surface area contributed by atoms with E-state index in [-0.39, 0.29) is 5.78 Å². The molecule has 4 rings (SSSR count). The lowest BCUT2D eigenvalue weighted by atomic mass is 10.1. The second kappa shape index (κ2) is 8.64. The normalized spacial score (nSPS) is 14.5. The van der Waals surface area contributed by atoms with Gasteiger partial charge in [-0.05, 0) is 66.7 Å². The number of halogens is 2. The van der Waals surface area contributed by atoms with Crippen LogP contribution in [-0.4, -0.2) is 32.1 Å². The first kappa shape index (κ1) is 19.4. The summed E-state index contributed by atoms with van der Waals surface area (Å²) in [5.41, 5.74) is 1.67. The summed E-state index contributed by atoms with van der Waals surface area (Å²) in [5, 5.41) is 0.651. The molecule has 0 unspecified atom stereocenters. The number of allylic oxidation sites excluding steroid dienone is 1. The zero-order valence-corrected chi connectivity index (χ0v) is 16.4. The fourth-order valence-corrected chi connectivity index (χ4v) is 3.31. The SMILES string of the molecule is O=C(C=Cc1ccc(-c2ccc(Cl)cc2)o1)c1ccc(N2CCOCC2)c(F)c1. The first-order chi connectivity index (χ1) is 14.1. The third-order valence-electron chi connectivity index (χ3n) is 4.74. The second-order valence-electron chi connectivity index (χ2n) is 6.67. The monoisotopic (exact) mass is 411 g/mol. The van der Waals surface area contributed by atoms with Crippen LogP contribution in [0.25, 0.3) is 17.4 Å². The lowest BCUT2D eigenvalue weighted by molar-refractivity contribution is 0.104. The number of hydrogen-bond donors (Lipinski definition) is 0. The molecule has 148 valence electrons. The fourth-order valence-electron chi connectivity index (χ4n) is 3.19. The molecule has 6 heteroatoms. The van der Waals surface area contributed by atoms with Crippen LogP contribution < -0.4 is 4.90 Å². The molecular weight excluding hydrogens is 393 g/mol. The minimum absolute atomic E-state index is 0.290. The number of anilines is 1. The molecule has 0 saturated carbocycles. The van der Waals surface area contributed by atoms with Gasteiger partial charge in [-0.1, -0.05) is 11.6 Å². The van der Waals surface area contributed by atoms with Crippen molar-refractivity contribution in [2.45, 2.75) is 0 Å². The molecule has 0 atom stereocenters. The van der Waals surface area contributed by atoms with Crippen LogP contribution >= 0.6 is 11.6 Å². The number of hydrogen-bond acceptors (Lipinski definition) is 4. The van der Waals surface area contributed by atoms with Crippen molar-refractivity contribution >= 4 is 29.1 Å². The minimum Gasteiger partial charge on any atom is -0.457 e. The lowest BCUT2D eigenvalue weighted by Gasteiger charge is -2.29. The Hall–Kier alpha value is -2.89. The van der Waals surface area contributed by atoms with Gasteiger partial charge in [0, 0.05) is 29.2 Å². The highest BCUT2D eigenvalue weighted by Crippen LogP contribution is 2.25. The number of ether oxygens (including phenoxy) is 1. The number of benzene rings is 2. The molecule has 0 radical (unpaired) electrons. The van der Waals surface area contributed by atoms with Crippen LogP contribution in [0.1, 0.15) is 16.1 Å². The molecule has 1 saturated heterocycles. The van der Waals surface area contributed by atoms with E-state index in [1.54, 1.807) is 36.4 Å². The standard InChI is InChI=1S/C23H19ClFNO3/c24-18-4-1-16(2-5-18)23-10-7-19(29-23)6-9-22(27)17-3-8-21(20(25)15-17)26-11-13-28-14-12-26/h1-10,15H,11-14H2. The van der Waals surface area contributed by atoms with Crippen LogP contribution in [0.4, 0.5) is 10.1 Å². The van der Waals surface area contributed by atoms with Crippen molar-refractivity contribution in [2.75, 3.05) is 31.2 Å². The van der Waals surface area contributed by atoms with Crippen molar-refractivity contribution in [1.29, 1.82) is 0 Å². The van der Waals surface area contributed by atoms with Crippen LogP contribution in [0.5, 0.6) is 0 Å². The summed E-state index contributed by atoms with van der Waals surface area (Å²) in [5.74, 6) is 0.513. The number of morpholine rings is 1. The average Bonchev–Trinajstić information content (AvgIpc) is 3.22. The van der Waals surface area contributed by atoms with Crippen molar-refractivity contribution in [2.24, 2.45) is 0 Å². The van der Waals surface area contributed by atoms with Gasteiger partial charge in [-0.3, -0.25) is 4.79 Å². The summed E-state index contributed by atoms with van der Waals surface area (Å²) < 4.78 is 25.5. The van der Waals surface area contributed by atoms with Crippen molar-refractivity contribution in [3.8, 4) is 11.3 Å². The third-order valence-corrected chi connectivity index (χ3v) is 4.99. The Bertz CT molecular complexity index is 1040. The minimum atomic E-state index is -0.408. The Morgan fingerprint density at radius 3 is 2.52 bits per heavy atom. The van der Waals surface area contributed by atoms with Gasteiger partial charge in [-0.15, -0.1) is 0 Å². The van der Waals surface area contributed by atoms with Crippen LogP contribution in [-0.2, 0) is 4.74 Å². The highest BCUT2D eigenvalue weighted by molar-refractivity contribution is 6.30. The van der Waals surface area contributed by atoms with E-state index in [0.29, 0.717) is 54.1 Å². The smallest absolute Gasteiger partial charge is 0.186 e. The predicted octanol–water partition coefficient (Wildman–Crippen LogP) is 5.47. The molecule has 1 aliphatic rings. The molecule has 1 aliphatic heterocycles. The zero-order chi connectivity index (χ0) is 20.2. The molecule has 0 amide bonds. The summed E-state index contributed by atoms with van der Waals surface area (Å²) >= 11 is 5.90. The molecule has 0 spiro atoms. The van der Waals surface area contributed by atoms with E-state index in [0.717, 1.165) is 5.56 Å². The average molecular weight is 412 g/mol. The van der Waals surface area contributed by atoms with Crippen molar-refractivity contribution in [3.05, 3.63) is 82.8 Å². The van der Waals surface area contributed by atoms with Gasteiger partial charge in [-0.2, -0.15) is 0 Å². The Balaban J connectivity index is 1.45. The van der Waals surface area contributed by atoms with Gasteiger partial charge in [0.25, 0.3) is 0 Å². The van der Waals surface area contributed by atoms with Crippen molar-refractivity contribution < 1.29 is 18.3 Å². The molecule has 2 heterocycles. The number of carbonyl (C=O) groups is 1. The van der Waals surface area contributed by atoms with E-state index in [4.69, 9.17) is 20.8 Å². The van der Waals surface area contributed by atoms with E-state index in [2.05, 4.69) is 0 Å². The summed E-state index contributed by atoms with van der Waals surface area (Å²) in [6, 6.07) is 15.5. The number of ketones is 1. The van der Waals surface area contributed by atoms with Gasteiger partial charge < -0.3 is 14.1 Å². The van der Waals surface area contributed by atoms with Crippen LogP contribution in [0, 0.1) is 5.82 Å². The highest BCUT2D eigenvalue weighted by Gasteiger charge is 2.16. The molecule has 3 aromatic rings. The first-order valence-corrected chi connectivity index (χ1v) is 9.68. The largest absolute Gasteiger partial charge is 0.457 e. The molecule has 29 heavy (non-hydrogen) atoms. The Labute approximate surface area is 173 Å². The van der Waals surface area contributed by atoms with Crippen molar-refractivity contribution in [3.63, 3.8) is 0 Å². The second-order valence-corrected chi connectivity index (χ2v) is 7.11. The topological polar surface area (TPSA) is 42.7 Å². The Kier molecular flexibility index (Phi) is 5.79. The summed E-state index contributed by atoms with van der Waals surface area (Å²) in [6.07, 6.45) is 2.96. The summed E-state index contributed by atoms with van der Waals surface area (Å²) in [7, 11) is 0. The van der Waals surface area contributed by atoms with Crippen LogP contribution in [0.2, 0.25) is 5.02 Å². The van der Waals surface area contributed by atoms with Gasteiger partial charge in [0.05, 0.1) is 18.9 Å². The zero-order valence-electron chi connectivity index (χ0n) is 15.6. The molecular formula is C23H19ClFNO3. The van der Waals surface area contributed by atoms with Crippen LogP contribution in [0.15, 0.2) is 65.1 Å². The number of nitrogens with zero attached hydrogens (tertiary/aromatic N) is 1. The predicted molar refractivity (Wildman–Crippen MR) is 112 cm³/mol. The van der Waals surface area contributed by atoms with Gasteiger partial charge in [0.15, 0.2) is 5.78 Å². The molecule has 2 aromatic carbocycles. The molecule has 0 aliphatic carbocycles.